The van der Waals surface area contributed by atoms with Gasteiger partial charge in [-0.1, -0.05) is 0 Å². The van der Waals surface area contributed by atoms with Gasteiger partial charge in [0, 0.05) is 13.2 Å². The predicted octanol–water partition coefficient (Wildman–Crippen LogP) is 1.34. The van der Waals surface area contributed by atoms with Crippen LogP contribution < -0.4 is 5.32 Å². The molecule has 0 radical (unpaired) electrons. The number of hydrogen-bond donors (Lipinski definition) is 1. The molecule has 94 valence electrons. The Morgan fingerprint density at radius 1 is 1.50 bits per heavy atom. The van der Waals surface area contributed by atoms with Crippen molar-refractivity contribution in [2.45, 2.75) is 38.6 Å². The fourth-order valence-electron chi connectivity index (χ4n) is 1.43. The van der Waals surface area contributed by atoms with Crippen molar-refractivity contribution in [3.05, 3.63) is 0 Å². The van der Waals surface area contributed by atoms with Gasteiger partial charge < -0.3 is 14.8 Å². The maximum absolute atomic E-state index is 11.7. The molecule has 0 aromatic heterocycles. The summed E-state index contributed by atoms with van der Waals surface area (Å²) in [5.74, 6) is 0.566. The highest BCUT2D eigenvalue weighted by atomic mass is 16.5. The summed E-state index contributed by atoms with van der Waals surface area (Å²) in [7, 11) is 1.78. The zero-order valence-corrected chi connectivity index (χ0v) is 10.5. The molecule has 1 aliphatic carbocycles. The highest BCUT2D eigenvalue weighted by molar-refractivity contribution is 5.80. The zero-order valence-electron chi connectivity index (χ0n) is 10.5. The van der Waals surface area contributed by atoms with Gasteiger partial charge in [0.15, 0.2) is 0 Å². The van der Waals surface area contributed by atoms with E-state index in [0.717, 1.165) is 12.5 Å². The van der Waals surface area contributed by atoms with Crippen LogP contribution in [0.25, 0.3) is 0 Å². The summed E-state index contributed by atoms with van der Waals surface area (Å²) in [6.07, 6.45) is 3.23. The summed E-state index contributed by atoms with van der Waals surface area (Å²) in [6, 6.07) is 0. The van der Waals surface area contributed by atoms with Crippen LogP contribution in [-0.2, 0) is 14.3 Å². The lowest BCUT2D eigenvalue weighted by molar-refractivity contribution is -0.151. The maximum Gasteiger partial charge on any atom is 0.326 e. The van der Waals surface area contributed by atoms with Crippen molar-refractivity contribution in [2.75, 3.05) is 26.9 Å². The van der Waals surface area contributed by atoms with Crippen molar-refractivity contribution in [1.82, 2.24) is 5.32 Å². The number of carbonyl (C=O) groups excluding carboxylic acids is 1. The Kier molecular flexibility index (Phi) is 5.22. The van der Waals surface area contributed by atoms with E-state index in [-0.39, 0.29) is 5.97 Å². The molecule has 0 aromatic rings. The fourth-order valence-corrected chi connectivity index (χ4v) is 1.43. The number of rotatable bonds is 8. The molecule has 1 fully saturated rings. The second-order valence-corrected chi connectivity index (χ2v) is 4.57. The van der Waals surface area contributed by atoms with E-state index < -0.39 is 5.54 Å². The molecule has 1 rings (SSSR count). The monoisotopic (exact) mass is 229 g/mol. The highest BCUT2D eigenvalue weighted by Crippen LogP contribution is 2.28. The largest absolute Gasteiger partial charge is 0.465 e. The summed E-state index contributed by atoms with van der Waals surface area (Å²) in [6.45, 7) is 5.53. The Bertz CT molecular complexity index is 228. The second-order valence-electron chi connectivity index (χ2n) is 4.57. The molecule has 0 bridgehead atoms. The lowest BCUT2D eigenvalue weighted by Crippen LogP contribution is -2.49. The van der Waals surface area contributed by atoms with Crippen molar-refractivity contribution in [3.8, 4) is 0 Å². The van der Waals surface area contributed by atoms with Gasteiger partial charge >= 0.3 is 5.97 Å². The van der Waals surface area contributed by atoms with Gasteiger partial charge in [-0.3, -0.25) is 4.79 Å². The van der Waals surface area contributed by atoms with Crippen molar-refractivity contribution in [2.24, 2.45) is 5.92 Å². The van der Waals surface area contributed by atoms with E-state index in [1.54, 1.807) is 7.05 Å². The third-order valence-electron chi connectivity index (χ3n) is 3.07. The standard InChI is InChI=1S/C12H23NO3/c1-4-16-11(14)12(2,13-3)7-8-15-9-10-5-6-10/h10,13H,4-9H2,1-3H3. The van der Waals surface area contributed by atoms with Gasteiger partial charge in [0.05, 0.1) is 6.61 Å². The minimum absolute atomic E-state index is 0.201. The Balaban J connectivity index is 2.23. The van der Waals surface area contributed by atoms with Gasteiger partial charge in [-0.2, -0.15) is 0 Å². The van der Waals surface area contributed by atoms with Crippen LogP contribution in [0.4, 0.5) is 0 Å². The normalized spacial score (nSPS) is 19.2. The van der Waals surface area contributed by atoms with E-state index >= 15 is 0 Å². The summed E-state index contributed by atoms with van der Waals surface area (Å²) in [5, 5.41) is 3.01. The summed E-state index contributed by atoms with van der Waals surface area (Å²) in [4.78, 5) is 11.7. The smallest absolute Gasteiger partial charge is 0.326 e. The average Bonchev–Trinajstić information content (AvgIpc) is 3.08. The van der Waals surface area contributed by atoms with Gasteiger partial charge in [-0.05, 0) is 46.1 Å². The minimum atomic E-state index is -0.625. The molecule has 0 heterocycles. The topological polar surface area (TPSA) is 47.6 Å². The van der Waals surface area contributed by atoms with E-state index in [9.17, 15) is 4.79 Å². The van der Waals surface area contributed by atoms with Crippen LogP contribution in [0.2, 0.25) is 0 Å². The molecule has 1 aliphatic rings. The molecule has 0 aliphatic heterocycles. The molecule has 0 aromatic carbocycles. The quantitative estimate of drug-likeness (QED) is 0.504. The van der Waals surface area contributed by atoms with E-state index in [2.05, 4.69) is 5.32 Å². The van der Waals surface area contributed by atoms with Gasteiger partial charge in [0.2, 0.25) is 0 Å². The van der Waals surface area contributed by atoms with Crippen LogP contribution in [-0.4, -0.2) is 38.4 Å². The van der Waals surface area contributed by atoms with Crippen LogP contribution in [0.5, 0.6) is 0 Å². The van der Waals surface area contributed by atoms with Crippen LogP contribution >= 0.6 is 0 Å². The fraction of sp³-hybridized carbons (Fsp3) is 0.917. The second kappa shape index (κ2) is 6.21. The first-order valence-electron chi connectivity index (χ1n) is 6.06. The third-order valence-corrected chi connectivity index (χ3v) is 3.07. The minimum Gasteiger partial charge on any atom is -0.465 e. The van der Waals surface area contributed by atoms with Crippen LogP contribution in [0.15, 0.2) is 0 Å². The summed E-state index contributed by atoms with van der Waals surface area (Å²) >= 11 is 0. The first-order chi connectivity index (χ1) is 7.62. The Morgan fingerprint density at radius 2 is 2.19 bits per heavy atom. The molecule has 0 amide bonds. The molecular formula is C12H23NO3. The van der Waals surface area contributed by atoms with Gasteiger partial charge in [-0.15, -0.1) is 0 Å². The predicted molar refractivity (Wildman–Crippen MR) is 62.3 cm³/mol. The van der Waals surface area contributed by atoms with Gasteiger partial charge in [0.25, 0.3) is 0 Å². The molecule has 16 heavy (non-hydrogen) atoms. The SMILES string of the molecule is CCOC(=O)C(C)(CCOCC1CC1)NC. The Morgan fingerprint density at radius 3 is 2.69 bits per heavy atom. The molecule has 1 saturated carbocycles. The van der Waals surface area contributed by atoms with E-state index in [1.807, 2.05) is 13.8 Å². The number of hydrogen-bond acceptors (Lipinski definition) is 4. The van der Waals surface area contributed by atoms with Crippen molar-refractivity contribution in [3.63, 3.8) is 0 Å². The van der Waals surface area contributed by atoms with E-state index in [4.69, 9.17) is 9.47 Å². The molecule has 4 nitrogen and oxygen atoms in total. The van der Waals surface area contributed by atoms with Crippen LogP contribution in [0.1, 0.15) is 33.1 Å². The number of esters is 1. The highest BCUT2D eigenvalue weighted by Gasteiger charge is 2.32. The first kappa shape index (κ1) is 13.5. The van der Waals surface area contributed by atoms with E-state index in [1.165, 1.54) is 12.8 Å². The van der Waals surface area contributed by atoms with Gasteiger partial charge in [0.1, 0.15) is 5.54 Å². The number of likely N-dealkylation sites (N-methyl/N-ethyl adjacent to an activating group) is 1. The molecule has 1 atom stereocenters. The lowest BCUT2D eigenvalue weighted by Gasteiger charge is -2.26. The Hall–Kier alpha value is -0.610. The van der Waals surface area contributed by atoms with Crippen molar-refractivity contribution >= 4 is 5.97 Å². The van der Waals surface area contributed by atoms with Gasteiger partial charge in [-0.25, -0.2) is 0 Å². The first-order valence-corrected chi connectivity index (χ1v) is 6.06. The van der Waals surface area contributed by atoms with E-state index in [0.29, 0.717) is 19.6 Å². The molecular weight excluding hydrogens is 206 g/mol. The lowest BCUT2D eigenvalue weighted by atomic mass is 9.99. The van der Waals surface area contributed by atoms with Crippen molar-refractivity contribution < 1.29 is 14.3 Å². The molecule has 4 heteroatoms. The number of nitrogens with one attached hydrogen (secondary N) is 1. The molecule has 1 N–H and O–H groups in total. The summed E-state index contributed by atoms with van der Waals surface area (Å²) in [5.41, 5.74) is -0.625. The number of carbonyl (C=O) groups is 1. The Labute approximate surface area is 97.7 Å². The zero-order chi connectivity index (χ0) is 12.0. The molecule has 0 saturated heterocycles. The third kappa shape index (κ3) is 4.10. The molecule has 1 unspecified atom stereocenters. The molecule has 0 spiro atoms. The summed E-state index contributed by atoms with van der Waals surface area (Å²) < 4.78 is 10.6. The average molecular weight is 229 g/mol. The van der Waals surface area contributed by atoms with Crippen LogP contribution in [0.3, 0.4) is 0 Å². The van der Waals surface area contributed by atoms with Crippen LogP contribution in [0, 0.1) is 5.92 Å². The number of ether oxygens (including phenoxy) is 2. The van der Waals surface area contributed by atoms with Crippen molar-refractivity contribution in [1.29, 1.82) is 0 Å². The maximum atomic E-state index is 11.7.